The van der Waals surface area contributed by atoms with Gasteiger partial charge in [0.1, 0.15) is 5.25 Å². The molecule has 0 aliphatic rings. The Labute approximate surface area is 205 Å². The second-order valence-corrected chi connectivity index (χ2v) is 9.01. The Bertz CT molecular complexity index is 1160. The molecule has 0 bridgehead atoms. The van der Waals surface area contributed by atoms with Crippen LogP contribution in [0.1, 0.15) is 23.7 Å². The second-order valence-electron chi connectivity index (χ2n) is 6.99. The Kier molecular flexibility index (Phi) is 8.77. The van der Waals surface area contributed by atoms with Crippen LogP contribution in [0.3, 0.4) is 0 Å². The molecule has 0 radical (unpaired) electrons. The van der Waals surface area contributed by atoms with Crippen molar-refractivity contribution < 1.29 is 19.5 Å². The maximum absolute atomic E-state index is 13.2. The van der Waals surface area contributed by atoms with Crippen molar-refractivity contribution >= 4 is 64.1 Å². The summed E-state index contributed by atoms with van der Waals surface area (Å²) < 4.78 is 0. The van der Waals surface area contributed by atoms with Crippen LogP contribution in [0, 0.1) is 0 Å². The van der Waals surface area contributed by atoms with Crippen LogP contribution in [-0.2, 0) is 14.4 Å². The number of hydrogen-bond donors (Lipinski definition) is 3. The molecule has 0 aromatic heterocycles. The van der Waals surface area contributed by atoms with E-state index >= 15 is 0 Å². The molecule has 0 aliphatic carbocycles. The molecule has 1 atom stereocenters. The van der Waals surface area contributed by atoms with Crippen LogP contribution >= 0.6 is 35.0 Å². The Morgan fingerprint density at radius 3 is 2.36 bits per heavy atom. The highest BCUT2D eigenvalue weighted by atomic mass is 35.5. The van der Waals surface area contributed by atoms with Crippen LogP contribution in [0.4, 0.5) is 11.4 Å². The Morgan fingerprint density at radius 2 is 1.64 bits per heavy atom. The minimum atomic E-state index is -1.04. The first-order valence-corrected chi connectivity index (χ1v) is 11.5. The van der Waals surface area contributed by atoms with Gasteiger partial charge < -0.3 is 15.7 Å². The van der Waals surface area contributed by atoms with E-state index < -0.39 is 17.1 Å². The van der Waals surface area contributed by atoms with Crippen LogP contribution in [0.25, 0.3) is 0 Å². The largest absolute Gasteiger partial charge is 0.481 e. The molecule has 0 spiro atoms. The van der Waals surface area contributed by atoms with Crippen LogP contribution in [0.5, 0.6) is 0 Å². The zero-order chi connectivity index (χ0) is 23.8. The molecule has 0 saturated carbocycles. The van der Waals surface area contributed by atoms with E-state index in [0.29, 0.717) is 21.4 Å². The van der Waals surface area contributed by atoms with Gasteiger partial charge in [-0.2, -0.15) is 0 Å². The lowest BCUT2D eigenvalue weighted by Crippen LogP contribution is -2.19. The van der Waals surface area contributed by atoms with Crippen molar-refractivity contribution in [3.8, 4) is 0 Å². The van der Waals surface area contributed by atoms with Gasteiger partial charge in [0.05, 0.1) is 17.1 Å². The highest BCUT2D eigenvalue weighted by Crippen LogP contribution is 2.38. The van der Waals surface area contributed by atoms with Crippen molar-refractivity contribution in [2.45, 2.75) is 23.0 Å². The molecular formula is C24H20Cl2N2O4S. The zero-order valence-corrected chi connectivity index (χ0v) is 19.6. The van der Waals surface area contributed by atoms with Crippen LogP contribution in [0.15, 0.2) is 77.7 Å². The van der Waals surface area contributed by atoms with Gasteiger partial charge in [-0.25, -0.2) is 0 Å². The number of rotatable bonds is 9. The molecule has 6 nitrogen and oxygen atoms in total. The van der Waals surface area contributed by atoms with E-state index in [2.05, 4.69) is 10.6 Å². The molecule has 2 amide bonds. The number of carboxylic acids is 1. The SMILES string of the molecule is O=C(O)CCC(=O)Nc1cccc(SC(C(=O)Nc2cc(Cl)ccc2Cl)c2ccccc2)c1. The minimum absolute atomic E-state index is 0.123. The number of thioether (sulfide) groups is 1. The summed E-state index contributed by atoms with van der Waals surface area (Å²) in [4.78, 5) is 36.6. The smallest absolute Gasteiger partial charge is 0.303 e. The molecule has 0 heterocycles. The Morgan fingerprint density at radius 1 is 0.879 bits per heavy atom. The third-order valence-electron chi connectivity index (χ3n) is 4.46. The van der Waals surface area contributed by atoms with E-state index in [0.717, 1.165) is 10.5 Å². The van der Waals surface area contributed by atoms with Crippen molar-refractivity contribution in [3.05, 3.63) is 88.4 Å². The number of amides is 2. The van der Waals surface area contributed by atoms with Crippen molar-refractivity contribution in [2.24, 2.45) is 0 Å². The zero-order valence-electron chi connectivity index (χ0n) is 17.3. The Hall–Kier alpha value is -3.00. The number of carbonyl (C=O) groups is 3. The first-order chi connectivity index (χ1) is 15.8. The van der Waals surface area contributed by atoms with Gasteiger partial charge in [-0.1, -0.05) is 59.6 Å². The minimum Gasteiger partial charge on any atom is -0.481 e. The van der Waals surface area contributed by atoms with Gasteiger partial charge in [-0.15, -0.1) is 11.8 Å². The lowest BCUT2D eigenvalue weighted by atomic mass is 10.1. The van der Waals surface area contributed by atoms with E-state index in [1.165, 1.54) is 11.8 Å². The normalized spacial score (nSPS) is 11.5. The number of benzene rings is 3. The number of carboxylic acid groups (broad SMARTS) is 1. The fraction of sp³-hybridized carbons (Fsp3) is 0.125. The molecule has 0 fully saturated rings. The van der Waals surface area contributed by atoms with Crippen molar-refractivity contribution in [2.75, 3.05) is 10.6 Å². The van der Waals surface area contributed by atoms with E-state index in [-0.39, 0.29) is 18.7 Å². The van der Waals surface area contributed by atoms with Crippen LogP contribution < -0.4 is 10.6 Å². The first kappa shape index (κ1) is 24.6. The molecule has 33 heavy (non-hydrogen) atoms. The summed E-state index contributed by atoms with van der Waals surface area (Å²) in [6, 6.07) is 21.1. The first-order valence-electron chi connectivity index (χ1n) is 9.91. The van der Waals surface area contributed by atoms with Gasteiger partial charge in [-0.3, -0.25) is 14.4 Å². The topological polar surface area (TPSA) is 95.5 Å². The molecule has 9 heteroatoms. The van der Waals surface area contributed by atoms with Gasteiger partial charge in [0.15, 0.2) is 0 Å². The fourth-order valence-corrected chi connectivity index (χ4v) is 4.34. The van der Waals surface area contributed by atoms with Gasteiger partial charge in [0, 0.05) is 22.0 Å². The fourth-order valence-electron chi connectivity index (χ4n) is 2.92. The maximum atomic E-state index is 13.2. The summed E-state index contributed by atoms with van der Waals surface area (Å²) in [5.74, 6) is -1.72. The quantitative estimate of drug-likeness (QED) is 0.299. The van der Waals surface area contributed by atoms with Crippen LogP contribution in [0.2, 0.25) is 10.0 Å². The highest BCUT2D eigenvalue weighted by Gasteiger charge is 2.23. The molecule has 0 aliphatic heterocycles. The Balaban J connectivity index is 1.80. The number of aliphatic carboxylic acids is 1. The second kappa shape index (κ2) is 11.7. The summed E-state index contributed by atoms with van der Waals surface area (Å²) in [5, 5.41) is 14.5. The van der Waals surface area contributed by atoms with Crippen molar-refractivity contribution in [1.82, 2.24) is 0 Å². The molecule has 3 rings (SSSR count). The standard InChI is InChI=1S/C24H20Cl2N2O4S/c25-16-9-10-19(26)20(13-16)28-24(32)23(15-5-2-1-3-6-15)33-18-8-4-7-17(14-18)27-21(29)11-12-22(30)31/h1-10,13-14,23H,11-12H2,(H,27,29)(H,28,32)(H,30,31). The summed E-state index contributed by atoms with van der Waals surface area (Å²) in [5.41, 5.74) is 1.71. The van der Waals surface area contributed by atoms with Gasteiger partial charge in [-0.05, 0) is 42.0 Å². The van der Waals surface area contributed by atoms with E-state index in [4.69, 9.17) is 28.3 Å². The number of hydrogen-bond acceptors (Lipinski definition) is 4. The van der Waals surface area contributed by atoms with Crippen molar-refractivity contribution in [3.63, 3.8) is 0 Å². The third-order valence-corrected chi connectivity index (χ3v) is 6.28. The van der Waals surface area contributed by atoms with E-state index in [1.807, 2.05) is 36.4 Å². The number of nitrogens with one attached hydrogen (secondary N) is 2. The molecule has 3 aromatic carbocycles. The summed E-state index contributed by atoms with van der Waals surface area (Å²) in [7, 11) is 0. The third kappa shape index (κ3) is 7.53. The predicted molar refractivity (Wildman–Crippen MR) is 132 cm³/mol. The van der Waals surface area contributed by atoms with Crippen LogP contribution in [-0.4, -0.2) is 22.9 Å². The average molecular weight is 503 g/mol. The van der Waals surface area contributed by atoms with E-state index in [1.54, 1.807) is 36.4 Å². The van der Waals surface area contributed by atoms with Crippen molar-refractivity contribution in [1.29, 1.82) is 0 Å². The van der Waals surface area contributed by atoms with Gasteiger partial charge in [0.25, 0.3) is 0 Å². The summed E-state index contributed by atoms with van der Waals surface area (Å²) in [6.45, 7) is 0. The monoisotopic (exact) mass is 502 g/mol. The lowest BCUT2D eigenvalue weighted by Gasteiger charge is -2.18. The molecule has 170 valence electrons. The summed E-state index contributed by atoms with van der Waals surface area (Å²) >= 11 is 13.6. The predicted octanol–water partition coefficient (Wildman–Crippen LogP) is 6.27. The maximum Gasteiger partial charge on any atom is 0.303 e. The van der Waals surface area contributed by atoms with E-state index in [9.17, 15) is 14.4 Å². The van der Waals surface area contributed by atoms with Gasteiger partial charge in [0.2, 0.25) is 11.8 Å². The summed E-state index contributed by atoms with van der Waals surface area (Å²) in [6.07, 6.45) is -0.370. The molecular weight excluding hydrogens is 483 g/mol. The molecule has 1 unspecified atom stereocenters. The average Bonchev–Trinajstić information content (AvgIpc) is 2.79. The molecule has 3 N–H and O–H groups in total. The number of halogens is 2. The molecule has 0 saturated heterocycles. The number of anilines is 2. The highest BCUT2D eigenvalue weighted by molar-refractivity contribution is 8.00. The van der Waals surface area contributed by atoms with Gasteiger partial charge >= 0.3 is 5.97 Å². The molecule has 3 aromatic rings. The number of carbonyl (C=O) groups excluding carboxylic acids is 2. The lowest BCUT2D eigenvalue weighted by molar-refractivity contribution is -0.138.